The van der Waals surface area contributed by atoms with Crippen LogP contribution in [0.2, 0.25) is 0 Å². The first-order chi connectivity index (χ1) is 8.99. The summed E-state index contributed by atoms with van der Waals surface area (Å²) >= 11 is 0. The van der Waals surface area contributed by atoms with E-state index in [4.69, 9.17) is 5.73 Å². The number of hydrogen-bond acceptors (Lipinski definition) is 5. The van der Waals surface area contributed by atoms with E-state index in [0.29, 0.717) is 11.7 Å². The lowest BCUT2D eigenvalue weighted by atomic mass is 10.0. The second-order valence-corrected chi connectivity index (χ2v) is 5.18. The highest BCUT2D eigenvalue weighted by Crippen LogP contribution is 2.30. The fourth-order valence-electron chi connectivity index (χ4n) is 2.57. The summed E-state index contributed by atoms with van der Waals surface area (Å²) in [4.78, 5) is 14.7. The number of nitrogen functional groups attached to an aromatic ring is 1. The topological polar surface area (TPSA) is 75.6 Å². The van der Waals surface area contributed by atoms with Crippen molar-refractivity contribution in [3.63, 3.8) is 0 Å². The number of rotatable bonds is 3. The molecule has 0 spiro atoms. The molecule has 6 heteroatoms. The van der Waals surface area contributed by atoms with Gasteiger partial charge in [-0.3, -0.25) is 10.1 Å². The van der Waals surface area contributed by atoms with Crippen LogP contribution in [-0.2, 0) is 0 Å². The van der Waals surface area contributed by atoms with Gasteiger partial charge in [0.2, 0.25) is 0 Å². The Morgan fingerprint density at radius 1 is 1.37 bits per heavy atom. The molecule has 1 aliphatic rings. The Balaban J connectivity index is 2.09. The third-order valence-corrected chi connectivity index (χ3v) is 3.76. The number of benzene rings is 1. The van der Waals surface area contributed by atoms with Crippen molar-refractivity contribution in [3.05, 3.63) is 28.3 Å². The van der Waals surface area contributed by atoms with Gasteiger partial charge in [0.05, 0.1) is 16.3 Å². The first-order valence-corrected chi connectivity index (χ1v) is 6.44. The van der Waals surface area contributed by atoms with Gasteiger partial charge in [-0.25, -0.2) is 0 Å². The summed E-state index contributed by atoms with van der Waals surface area (Å²) in [6.07, 6.45) is 2.17. The summed E-state index contributed by atoms with van der Waals surface area (Å²) in [6, 6.07) is 5.32. The van der Waals surface area contributed by atoms with Gasteiger partial charge in [0, 0.05) is 31.3 Å². The zero-order valence-electron chi connectivity index (χ0n) is 11.4. The Labute approximate surface area is 112 Å². The number of nitrogens with two attached hydrogens (primary N) is 1. The molecule has 1 heterocycles. The van der Waals surface area contributed by atoms with E-state index in [2.05, 4.69) is 23.9 Å². The normalized spacial score (nSPS) is 16.9. The maximum Gasteiger partial charge on any atom is 0.271 e. The Bertz CT molecular complexity index is 468. The summed E-state index contributed by atoms with van der Waals surface area (Å²) in [7, 11) is 4.20. The van der Waals surface area contributed by atoms with Crippen molar-refractivity contribution in [2.24, 2.45) is 0 Å². The van der Waals surface area contributed by atoms with E-state index in [1.54, 1.807) is 6.07 Å². The van der Waals surface area contributed by atoms with Crippen molar-refractivity contribution in [2.75, 3.05) is 37.8 Å². The SMILES string of the molecule is CN(C)C1CCN(c2ccc([N+](=O)[O-])cc2N)CC1. The first-order valence-electron chi connectivity index (χ1n) is 6.44. The molecule has 0 saturated carbocycles. The van der Waals surface area contributed by atoms with E-state index in [0.717, 1.165) is 31.6 Å². The van der Waals surface area contributed by atoms with Crippen molar-refractivity contribution in [1.82, 2.24) is 4.90 Å². The highest BCUT2D eigenvalue weighted by atomic mass is 16.6. The molecule has 0 amide bonds. The van der Waals surface area contributed by atoms with Crippen LogP contribution in [0.5, 0.6) is 0 Å². The Hall–Kier alpha value is -1.82. The van der Waals surface area contributed by atoms with Crippen molar-refractivity contribution >= 4 is 17.1 Å². The van der Waals surface area contributed by atoms with Gasteiger partial charge in [0.25, 0.3) is 5.69 Å². The summed E-state index contributed by atoms with van der Waals surface area (Å²) in [5.41, 5.74) is 7.36. The minimum atomic E-state index is -0.418. The molecule has 1 saturated heterocycles. The molecular formula is C13H20N4O2. The van der Waals surface area contributed by atoms with Crippen molar-refractivity contribution in [2.45, 2.75) is 18.9 Å². The molecule has 2 rings (SSSR count). The van der Waals surface area contributed by atoms with E-state index in [1.165, 1.54) is 12.1 Å². The number of hydrogen-bond donors (Lipinski definition) is 1. The summed E-state index contributed by atoms with van der Waals surface area (Å²) in [5.74, 6) is 0. The third kappa shape index (κ3) is 2.96. The minimum Gasteiger partial charge on any atom is -0.397 e. The van der Waals surface area contributed by atoms with Crippen LogP contribution in [0.1, 0.15) is 12.8 Å². The van der Waals surface area contributed by atoms with Crippen LogP contribution in [0.25, 0.3) is 0 Å². The van der Waals surface area contributed by atoms with E-state index in [-0.39, 0.29) is 5.69 Å². The average Bonchev–Trinajstić information content (AvgIpc) is 2.38. The molecule has 0 atom stereocenters. The van der Waals surface area contributed by atoms with Gasteiger partial charge >= 0.3 is 0 Å². The second kappa shape index (κ2) is 5.44. The van der Waals surface area contributed by atoms with Crippen LogP contribution in [0, 0.1) is 10.1 Å². The predicted octanol–water partition coefficient (Wildman–Crippen LogP) is 1.71. The summed E-state index contributed by atoms with van der Waals surface area (Å²) in [6.45, 7) is 1.87. The molecule has 0 aromatic heterocycles. The molecule has 1 aromatic rings. The quantitative estimate of drug-likeness (QED) is 0.511. The lowest BCUT2D eigenvalue weighted by Crippen LogP contribution is -2.42. The number of nitrogens with zero attached hydrogens (tertiary/aromatic N) is 3. The minimum absolute atomic E-state index is 0.0458. The molecular weight excluding hydrogens is 244 g/mol. The van der Waals surface area contributed by atoms with Crippen LogP contribution in [0.4, 0.5) is 17.1 Å². The number of piperidine rings is 1. The van der Waals surface area contributed by atoms with Gasteiger partial charge in [-0.1, -0.05) is 0 Å². The monoisotopic (exact) mass is 264 g/mol. The van der Waals surface area contributed by atoms with Gasteiger partial charge in [-0.05, 0) is 33.0 Å². The van der Waals surface area contributed by atoms with E-state index < -0.39 is 4.92 Å². The van der Waals surface area contributed by atoms with Gasteiger partial charge in [-0.2, -0.15) is 0 Å². The zero-order valence-corrected chi connectivity index (χ0v) is 11.4. The van der Waals surface area contributed by atoms with Crippen LogP contribution in [0.3, 0.4) is 0 Å². The van der Waals surface area contributed by atoms with E-state index >= 15 is 0 Å². The average molecular weight is 264 g/mol. The fourth-order valence-corrected chi connectivity index (χ4v) is 2.57. The third-order valence-electron chi connectivity index (χ3n) is 3.76. The molecule has 0 unspecified atom stereocenters. The van der Waals surface area contributed by atoms with Gasteiger partial charge in [0.1, 0.15) is 0 Å². The first kappa shape index (κ1) is 13.6. The standard InChI is InChI=1S/C13H20N4O2/c1-15(2)10-5-7-16(8-6-10)13-4-3-11(17(18)19)9-12(13)14/h3-4,9-10H,5-8,14H2,1-2H3. The highest BCUT2D eigenvalue weighted by Gasteiger charge is 2.22. The van der Waals surface area contributed by atoms with Crippen LogP contribution in [-0.4, -0.2) is 43.0 Å². The predicted molar refractivity (Wildman–Crippen MR) is 76.4 cm³/mol. The molecule has 0 aliphatic carbocycles. The molecule has 104 valence electrons. The van der Waals surface area contributed by atoms with Crippen molar-refractivity contribution in [1.29, 1.82) is 0 Å². The largest absolute Gasteiger partial charge is 0.397 e. The lowest BCUT2D eigenvalue weighted by molar-refractivity contribution is -0.384. The van der Waals surface area contributed by atoms with E-state index in [9.17, 15) is 10.1 Å². The highest BCUT2D eigenvalue weighted by molar-refractivity contribution is 5.70. The Morgan fingerprint density at radius 3 is 2.47 bits per heavy atom. The number of nitro benzene ring substituents is 1. The molecule has 0 radical (unpaired) electrons. The Kier molecular flexibility index (Phi) is 3.90. The summed E-state index contributed by atoms with van der Waals surface area (Å²) in [5, 5.41) is 10.7. The van der Waals surface area contributed by atoms with Crippen LogP contribution < -0.4 is 10.6 Å². The molecule has 1 aliphatic heterocycles. The maximum atomic E-state index is 10.7. The maximum absolute atomic E-state index is 10.7. The molecule has 1 fully saturated rings. The van der Waals surface area contributed by atoms with Crippen molar-refractivity contribution < 1.29 is 4.92 Å². The fraction of sp³-hybridized carbons (Fsp3) is 0.538. The Morgan fingerprint density at radius 2 is 2.00 bits per heavy atom. The molecule has 2 N–H and O–H groups in total. The number of non-ortho nitro benzene ring substituents is 1. The number of anilines is 2. The molecule has 6 nitrogen and oxygen atoms in total. The summed E-state index contributed by atoms with van der Waals surface area (Å²) < 4.78 is 0. The zero-order chi connectivity index (χ0) is 14.0. The van der Waals surface area contributed by atoms with Gasteiger partial charge in [0.15, 0.2) is 0 Å². The lowest BCUT2D eigenvalue weighted by Gasteiger charge is -2.36. The van der Waals surface area contributed by atoms with Gasteiger partial charge < -0.3 is 15.5 Å². The number of nitro groups is 1. The molecule has 1 aromatic carbocycles. The second-order valence-electron chi connectivity index (χ2n) is 5.18. The van der Waals surface area contributed by atoms with Gasteiger partial charge in [-0.15, -0.1) is 0 Å². The van der Waals surface area contributed by atoms with Crippen LogP contribution in [0.15, 0.2) is 18.2 Å². The molecule has 19 heavy (non-hydrogen) atoms. The smallest absolute Gasteiger partial charge is 0.271 e. The van der Waals surface area contributed by atoms with Crippen molar-refractivity contribution in [3.8, 4) is 0 Å². The van der Waals surface area contributed by atoms with Crippen LogP contribution >= 0.6 is 0 Å². The van der Waals surface area contributed by atoms with E-state index in [1.807, 2.05) is 0 Å². The molecule has 0 bridgehead atoms.